The van der Waals surface area contributed by atoms with Gasteiger partial charge in [-0.3, -0.25) is 0 Å². The molecule has 18 heavy (non-hydrogen) atoms. The van der Waals surface area contributed by atoms with Gasteiger partial charge in [0.2, 0.25) is 0 Å². The molecule has 0 radical (unpaired) electrons. The maximum Gasteiger partial charge on any atom is 0.410 e. The van der Waals surface area contributed by atoms with Crippen molar-refractivity contribution in [2.75, 3.05) is 32.7 Å². The summed E-state index contributed by atoms with van der Waals surface area (Å²) in [6.07, 6.45) is 1.25. The molecule has 5 nitrogen and oxygen atoms in total. The molecule has 0 bridgehead atoms. The molecule has 0 aromatic heterocycles. The molecular formula is C13H23N3O2. The third-order valence-electron chi connectivity index (χ3n) is 2.78. The molecule has 5 heteroatoms. The van der Waals surface area contributed by atoms with Crippen LogP contribution in [-0.2, 0) is 4.74 Å². The Morgan fingerprint density at radius 2 is 2.00 bits per heavy atom. The Balaban J connectivity index is 2.42. The molecule has 1 rings (SSSR count). The van der Waals surface area contributed by atoms with Crippen molar-refractivity contribution in [3.63, 3.8) is 0 Å². The van der Waals surface area contributed by atoms with Gasteiger partial charge in [-0.25, -0.2) is 4.79 Å². The fraction of sp³-hybridized carbons (Fsp3) is 0.846. The van der Waals surface area contributed by atoms with Crippen LogP contribution in [0.4, 0.5) is 4.79 Å². The fourth-order valence-electron chi connectivity index (χ4n) is 1.91. The van der Waals surface area contributed by atoms with E-state index in [4.69, 9.17) is 10.00 Å². The molecule has 0 unspecified atom stereocenters. The Hall–Kier alpha value is -1.28. The molecule has 0 atom stereocenters. The largest absolute Gasteiger partial charge is 0.444 e. The summed E-state index contributed by atoms with van der Waals surface area (Å²) >= 11 is 0. The monoisotopic (exact) mass is 253 g/mol. The Labute approximate surface area is 109 Å². The smallest absolute Gasteiger partial charge is 0.410 e. The highest BCUT2D eigenvalue weighted by molar-refractivity contribution is 5.68. The Morgan fingerprint density at radius 1 is 1.28 bits per heavy atom. The first-order chi connectivity index (χ1) is 8.42. The number of amides is 1. The number of nitrogens with zero attached hydrogens (tertiary/aromatic N) is 3. The molecule has 0 aliphatic carbocycles. The van der Waals surface area contributed by atoms with E-state index in [0.717, 1.165) is 32.6 Å². The molecule has 1 heterocycles. The predicted molar refractivity (Wildman–Crippen MR) is 69.1 cm³/mol. The molecule has 1 aliphatic heterocycles. The van der Waals surface area contributed by atoms with Gasteiger partial charge in [0.25, 0.3) is 0 Å². The molecule has 0 N–H and O–H groups in total. The Bertz CT molecular complexity index is 317. The molecule has 1 fully saturated rings. The van der Waals surface area contributed by atoms with Gasteiger partial charge in [-0.1, -0.05) is 0 Å². The lowest BCUT2D eigenvalue weighted by Gasteiger charge is -2.26. The second kappa shape index (κ2) is 6.60. The van der Waals surface area contributed by atoms with Crippen LogP contribution in [0.1, 0.15) is 33.6 Å². The molecule has 0 spiro atoms. The number of rotatable bonds is 2. The van der Waals surface area contributed by atoms with Crippen LogP contribution in [0.2, 0.25) is 0 Å². The van der Waals surface area contributed by atoms with Gasteiger partial charge in [0.15, 0.2) is 0 Å². The zero-order chi connectivity index (χ0) is 13.6. The number of carbonyl (C=O) groups excluding carboxylic acids is 1. The lowest BCUT2D eigenvalue weighted by molar-refractivity contribution is 0.0258. The van der Waals surface area contributed by atoms with Gasteiger partial charge in [0, 0.05) is 32.6 Å². The second-order valence-corrected chi connectivity index (χ2v) is 5.57. The van der Waals surface area contributed by atoms with E-state index < -0.39 is 5.60 Å². The quantitative estimate of drug-likeness (QED) is 0.753. The van der Waals surface area contributed by atoms with Crippen LogP contribution in [0.25, 0.3) is 0 Å². The normalized spacial score (nSPS) is 18.0. The van der Waals surface area contributed by atoms with Crippen LogP contribution in [0.5, 0.6) is 0 Å². The molecule has 0 aromatic rings. The van der Waals surface area contributed by atoms with E-state index in [1.807, 2.05) is 20.8 Å². The SMILES string of the molecule is CC(C)(C)OC(=O)N1CCCN(CCC#N)CC1. The van der Waals surface area contributed by atoms with Gasteiger partial charge in [-0.15, -0.1) is 0 Å². The van der Waals surface area contributed by atoms with E-state index in [9.17, 15) is 4.79 Å². The van der Waals surface area contributed by atoms with Crippen LogP contribution in [0.3, 0.4) is 0 Å². The summed E-state index contributed by atoms with van der Waals surface area (Å²) in [5.41, 5.74) is -0.441. The Morgan fingerprint density at radius 3 is 2.61 bits per heavy atom. The highest BCUT2D eigenvalue weighted by Gasteiger charge is 2.24. The van der Waals surface area contributed by atoms with E-state index in [-0.39, 0.29) is 6.09 Å². The van der Waals surface area contributed by atoms with E-state index in [1.165, 1.54) is 0 Å². The van der Waals surface area contributed by atoms with Crippen LogP contribution in [-0.4, -0.2) is 54.2 Å². The van der Waals surface area contributed by atoms with E-state index in [0.29, 0.717) is 13.0 Å². The summed E-state index contributed by atoms with van der Waals surface area (Å²) in [7, 11) is 0. The molecule has 102 valence electrons. The van der Waals surface area contributed by atoms with Gasteiger partial charge in [-0.05, 0) is 33.7 Å². The van der Waals surface area contributed by atoms with E-state index >= 15 is 0 Å². The zero-order valence-electron chi connectivity index (χ0n) is 11.6. The first-order valence-electron chi connectivity index (χ1n) is 6.49. The van der Waals surface area contributed by atoms with E-state index in [2.05, 4.69) is 11.0 Å². The average molecular weight is 253 g/mol. The Kier molecular flexibility index (Phi) is 5.42. The minimum absolute atomic E-state index is 0.232. The lowest BCUT2D eigenvalue weighted by Crippen LogP contribution is -2.39. The van der Waals surface area contributed by atoms with Crippen LogP contribution in [0, 0.1) is 11.3 Å². The van der Waals surface area contributed by atoms with Crippen molar-refractivity contribution >= 4 is 6.09 Å². The zero-order valence-corrected chi connectivity index (χ0v) is 11.6. The predicted octanol–water partition coefficient (Wildman–Crippen LogP) is 1.84. The van der Waals surface area contributed by atoms with Crippen molar-refractivity contribution in [3.05, 3.63) is 0 Å². The summed E-state index contributed by atoms with van der Waals surface area (Å²) < 4.78 is 5.37. The number of ether oxygens (including phenoxy) is 1. The van der Waals surface area contributed by atoms with Crippen molar-refractivity contribution in [2.45, 2.75) is 39.2 Å². The fourth-order valence-corrected chi connectivity index (χ4v) is 1.91. The molecule has 1 amide bonds. The lowest BCUT2D eigenvalue weighted by atomic mass is 10.2. The van der Waals surface area contributed by atoms with Gasteiger partial charge in [-0.2, -0.15) is 5.26 Å². The topological polar surface area (TPSA) is 56.6 Å². The van der Waals surface area contributed by atoms with Crippen LogP contribution < -0.4 is 0 Å². The summed E-state index contributed by atoms with van der Waals surface area (Å²) in [6.45, 7) is 9.60. The van der Waals surface area contributed by atoms with Gasteiger partial charge in [0.1, 0.15) is 5.60 Å². The van der Waals surface area contributed by atoms with Crippen molar-refractivity contribution in [2.24, 2.45) is 0 Å². The standard InChI is InChI=1S/C13H23N3O2/c1-13(2,3)18-12(17)16-9-5-8-15(10-11-16)7-4-6-14/h4-5,7-11H2,1-3H3. The average Bonchev–Trinajstić information content (AvgIpc) is 2.49. The van der Waals surface area contributed by atoms with Gasteiger partial charge in [0.05, 0.1) is 6.07 Å². The number of nitriles is 1. The first kappa shape index (κ1) is 14.8. The maximum absolute atomic E-state index is 11.9. The van der Waals surface area contributed by atoms with Gasteiger partial charge < -0.3 is 14.5 Å². The summed E-state index contributed by atoms with van der Waals surface area (Å²) in [6, 6.07) is 2.15. The minimum atomic E-state index is -0.441. The molecule has 0 aromatic carbocycles. The van der Waals surface area contributed by atoms with Crippen molar-refractivity contribution in [1.82, 2.24) is 9.80 Å². The number of carbonyl (C=O) groups is 1. The minimum Gasteiger partial charge on any atom is -0.444 e. The number of hydrogen-bond donors (Lipinski definition) is 0. The van der Waals surface area contributed by atoms with E-state index in [1.54, 1.807) is 4.90 Å². The number of hydrogen-bond acceptors (Lipinski definition) is 4. The van der Waals surface area contributed by atoms with Crippen molar-refractivity contribution < 1.29 is 9.53 Å². The molecule has 1 aliphatic rings. The summed E-state index contributed by atoms with van der Waals surface area (Å²) in [5.74, 6) is 0. The first-order valence-corrected chi connectivity index (χ1v) is 6.49. The van der Waals surface area contributed by atoms with Crippen LogP contribution >= 0.6 is 0 Å². The molecular weight excluding hydrogens is 230 g/mol. The van der Waals surface area contributed by atoms with Gasteiger partial charge >= 0.3 is 6.09 Å². The van der Waals surface area contributed by atoms with Crippen molar-refractivity contribution in [1.29, 1.82) is 5.26 Å². The second-order valence-electron chi connectivity index (χ2n) is 5.57. The maximum atomic E-state index is 11.9. The van der Waals surface area contributed by atoms with Crippen LogP contribution in [0.15, 0.2) is 0 Å². The third kappa shape index (κ3) is 5.37. The highest BCUT2D eigenvalue weighted by atomic mass is 16.6. The molecule has 0 saturated carbocycles. The molecule has 1 saturated heterocycles. The summed E-state index contributed by atoms with van der Waals surface area (Å²) in [5, 5.41) is 8.57. The van der Waals surface area contributed by atoms with Crippen molar-refractivity contribution in [3.8, 4) is 6.07 Å². The third-order valence-corrected chi connectivity index (χ3v) is 2.78. The summed E-state index contributed by atoms with van der Waals surface area (Å²) in [4.78, 5) is 15.9. The highest BCUT2D eigenvalue weighted by Crippen LogP contribution is 2.12.